The van der Waals surface area contributed by atoms with Crippen molar-refractivity contribution >= 4 is 12.3 Å². The summed E-state index contributed by atoms with van der Waals surface area (Å²) in [6, 6.07) is 0. The molecule has 0 aliphatic heterocycles. The molecule has 0 heterocycles. The third kappa shape index (κ3) is 281. The van der Waals surface area contributed by atoms with Gasteiger partial charge in [-0.1, -0.05) is 13.8 Å². The van der Waals surface area contributed by atoms with Crippen molar-refractivity contribution < 1.29 is 276 Å². The van der Waals surface area contributed by atoms with Crippen molar-refractivity contribution in [3.05, 3.63) is 64.0 Å². The third-order valence-electron chi connectivity index (χ3n) is 0.604. The summed E-state index contributed by atoms with van der Waals surface area (Å²) < 4.78 is 0. The second-order valence-electron chi connectivity index (χ2n) is 2.64. The monoisotopic (exact) mass is 992 g/mol. The summed E-state index contributed by atoms with van der Waals surface area (Å²) in [7, 11) is 0. The summed E-state index contributed by atoms with van der Waals surface area (Å²) in [6.07, 6.45) is 6.67. The molecule has 0 aromatic rings. The van der Waals surface area contributed by atoms with Gasteiger partial charge < -0.3 is 24.3 Å². The Bertz CT molecular complexity index is 253. The average molecular weight is 993 g/mol. The minimum absolute atomic E-state index is 0. The van der Waals surface area contributed by atoms with Crippen molar-refractivity contribution in [1.82, 2.24) is 0 Å². The number of carboxylic acid groups (broad SMARTS) is 1. The predicted molar refractivity (Wildman–Crippen MR) is 89.5 cm³/mol. The van der Waals surface area contributed by atoms with Gasteiger partial charge in [0, 0.05) is 269 Å². The largest absolute Gasteiger partial charge is 0.542 e. The first-order valence-electron chi connectivity index (χ1n) is 5.25. The topological polar surface area (TPSA) is 54.4 Å². The Kier molecular flexibility index (Phi) is 337. The van der Waals surface area contributed by atoms with E-state index in [2.05, 4.69) is 45.4 Å². The molecule has 0 bridgehead atoms. The summed E-state index contributed by atoms with van der Waals surface area (Å²) in [4.78, 5) is 17.7. The van der Waals surface area contributed by atoms with Crippen molar-refractivity contribution in [1.29, 1.82) is 0 Å². The molecule has 0 fully saturated rings. The molecular weight excluding hydrogens is 963 g/mol. The van der Waals surface area contributed by atoms with Gasteiger partial charge in [-0.15, -0.1) is 0 Å². The van der Waals surface area contributed by atoms with Crippen molar-refractivity contribution in [3.63, 3.8) is 0 Å². The molecule has 0 amide bonds. The van der Waals surface area contributed by atoms with Crippen LogP contribution in [0.3, 0.4) is 0 Å². The van der Waals surface area contributed by atoms with E-state index < -0.39 is 5.97 Å². The van der Waals surface area contributed by atoms with Crippen molar-refractivity contribution in [3.8, 4) is 0 Å². The van der Waals surface area contributed by atoms with Gasteiger partial charge in [0.15, 0.2) is 0 Å². The van der Waals surface area contributed by atoms with E-state index in [-0.39, 0.29) is 269 Å². The fourth-order valence-electron chi connectivity index (χ4n) is 0. The maximum absolute atomic E-state index is 9.00. The fourth-order valence-corrected chi connectivity index (χ4v) is 0. The molecule has 28 heavy (non-hydrogen) atoms. The Morgan fingerprint density at radius 2 is 0.786 bits per heavy atom. The molecular formula is C17H29O3Y8-5. The van der Waals surface area contributed by atoms with E-state index in [1.165, 1.54) is 13.2 Å². The Hall–Kier alpha value is 6.93. The number of rotatable bonds is 2. The van der Waals surface area contributed by atoms with Gasteiger partial charge in [-0.3, -0.25) is 23.2 Å². The molecule has 11 heteroatoms. The van der Waals surface area contributed by atoms with Crippen LogP contribution in [0.25, 0.3) is 0 Å². The van der Waals surface area contributed by atoms with E-state index in [0.717, 1.165) is 18.1 Å². The fraction of sp³-hybridized carbons (Fsp3) is 0.294. The van der Waals surface area contributed by atoms with Crippen LogP contribution in [0.5, 0.6) is 0 Å². The van der Waals surface area contributed by atoms with Gasteiger partial charge in [0.1, 0.15) is 0 Å². The van der Waals surface area contributed by atoms with Gasteiger partial charge in [-0.2, -0.15) is 27.0 Å². The van der Waals surface area contributed by atoms with Crippen LogP contribution < -0.4 is 0 Å². The first-order valence-corrected chi connectivity index (χ1v) is 5.25. The molecule has 0 aliphatic carbocycles. The molecule has 0 saturated carbocycles. The molecule has 0 aromatic heterocycles. The minimum Gasteiger partial charge on any atom is -0.542 e. The number of allylic oxidation sites excluding steroid dienone is 4. The summed E-state index contributed by atoms with van der Waals surface area (Å²) >= 11 is 0. The van der Waals surface area contributed by atoms with Crippen LogP contribution >= 0.6 is 0 Å². The van der Waals surface area contributed by atoms with Gasteiger partial charge in [-0.25, -0.2) is 24.3 Å². The average Bonchev–Trinajstić information content (AvgIpc) is 2.32. The van der Waals surface area contributed by atoms with Crippen LogP contribution in [0.4, 0.5) is 0 Å². The van der Waals surface area contributed by atoms with Crippen molar-refractivity contribution in [2.24, 2.45) is 0 Å². The number of carbonyl (C=O) groups is 1. The Labute approximate surface area is 377 Å². The first-order chi connectivity index (χ1) is 8.69. The number of carboxylic acids is 1. The SMILES string of the molecule is C=[C-]C(=C)C.C=[C-]C(=C)C.CC(=O)O.C[C-]=O.[CH2-]C.[CH3-].[Y].[Y].[Y].[Y].[Y].[Y].[Y].[Y]. The second kappa shape index (κ2) is 103. The summed E-state index contributed by atoms with van der Waals surface area (Å²) in [6.45, 7) is 24.8. The van der Waals surface area contributed by atoms with Crippen LogP contribution in [0.1, 0.15) is 34.6 Å². The Morgan fingerprint density at radius 1 is 0.750 bits per heavy atom. The molecule has 0 atom stereocenters. The zero-order valence-electron chi connectivity index (χ0n) is 18.4. The van der Waals surface area contributed by atoms with Crippen LogP contribution in [0.2, 0.25) is 0 Å². The molecule has 0 rings (SSSR count). The molecule has 0 aromatic carbocycles. The van der Waals surface area contributed by atoms with Crippen LogP contribution in [0, 0.1) is 26.5 Å². The first kappa shape index (κ1) is 91.8. The normalized spacial score (nSPS) is 3.93. The molecule has 8 radical (unpaired) electrons. The van der Waals surface area contributed by atoms with E-state index in [4.69, 9.17) is 14.7 Å². The van der Waals surface area contributed by atoms with Crippen molar-refractivity contribution in [2.45, 2.75) is 34.6 Å². The van der Waals surface area contributed by atoms with E-state index in [9.17, 15) is 0 Å². The summed E-state index contributed by atoms with van der Waals surface area (Å²) in [5.74, 6) is -0.833. The van der Waals surface area contributed by atoms with Crippen molar-refractivity contribution in [2.75, 3.05) is 0 Å². The quantitative estimate of drug-likeness (QED) is 0.326. The van der Waals surface area contributed by atoms with Gasteiger partial charge in [0.05, 0.1) is 0 Å². The summed E-state index contributed by atoms with van der Waals surface area (Å²) in [5.41, 5.74) is 1.79. The molecule has 3 nitrogen and oxygen atoms in total. The smallest absolute Gasteiger partial charge is 0.300 e. The van der Waals surface area contributed by atoms with Gasteiger partial charge in [-0.05, 0) is 0 Å². The molecule has 0 saturated heterocycles. The van der Waals surface area contributed by atoms with E-state index in [1.54, 1.807) is 6.92 Å². The number of hydrogen-bond donors (Lipinski definition) is 1. The van der Waals surface area contributed by atoms with E-state index in [0.29, 0.717) is 0 Å². The summed E-state index contributed by atoms with van der Waals surface area (Å²) in [5, 5.41) is 7.42. The number of carbonyl (C=O) groups excluding carboxylic acids is 1. The molecule has 144 valence electrons. The number of hydrogen-bond acceptors (Lipinski definition) is 2. The van der Waals surface area contributed by atoms with Gasteiger partial charge >= 0.3 is 0 Å². The van der Waals surface area contributed by atoms with Crippen LogP contribution in [-0.4, -0.2) is 17.4 Å². The van der Waals surface area contributed by atoms with Crippen LogP contribution in [0.15, 0.2) is 37.5 Å². The molecule has 0 unspecified atom stereocenters. The molecule has 0 aliphatic rings. The van der Waals surface area contributed by atoms with Crippen LogP contribution in [-0.2, 0) is 271 Å². The third-order valence-corrected chi connectivity index (χ3v) is 0.604. The second-order valence-corrected chi connectivity index (χ2v) is 2.64. The van der Waals surface area contributed by atoms with Gasteiger partial charge in [0.25, 0.3) is 5.97 Å². The molecule has 1 N–H and O–H groups in total. The zero-order chi connectivity index (χ0) is 16.9. The number of aliphatic carboxylic acids is 1. The van der Waals surface area contributed by atoms with E-state index >= 15 is 0 Å². The van der Waals surface area contributed by atoms with E-state index in [1.807, 2.05) is 13.8 Å². The standard InChI is InChI=1S/2C5H7.C2H4O2.C2H3O.C2H5.CH3.8Y/c2*1-4-5(2)3;1-2(3)4;1-2-3;1-2;;;;;;;;;/h2*1-2H2,3H3;1H3,(H,3,4);1H3;1H2,2H3;1H3;;;;;;;;/q2*-1;;3*-1;;;;;;;;. The Morgan fingerprint density at radius 3 is 0.786 bits per heavy atom. The maximum atomic E-state index is 9.00. The Balaban J connectivity index is -0.00000000690. The zero-order valence-corrected chi connectivity index (χ0v) is 41.1. The minimum atomic E-state index is -0.833. The molecule has 0 spiro atoms. The predicted octanol–water partition coefficient (Wildman–Crippen LogP) is 4.58. The maximum Gasteiger partial charge on any atom is 0.300 e. The van der Waals surface area contributed by atoms with Gasteiger partial charge in [0.2, 0.25) is 0 Å².